The van der Waals surface area contributed by atoms with E-state index >= 15 is 0 Å². The van der Waals surface area contributed by atoms with Crippen molar-refractivity contribution in [3.8, 4) is 5.75 Å². The van der Waals surface area contributed by atoms with Crippen molar-refractivity contribution in [3.63, 3.8) is 0 Å². The van der Waals surface area contributed by atoms with Gasteiger partial charge in [-0.05, 0) is 41.5 Å². The van der Waals surface area contributed by atoms with Gasteiger partial charge in [-0.3, -0.25) is 11.3 Å². The Labute approximate surface area is 127 Å². The van der Waals surface area contributed by atoms with Crippen molar-refractivity contribution in [2.24, 2.45) is 5.84 Å². The van der Waals surface area contributed by atoms with Crippen LogP contribution in [0.4, 0.5) is 0 Å². The monoisotopic (exact) mass is 308 g/mol. The third-order valence-corrected chi connectivity index (χ3v) is 5.11. The van der Waals surface area contributed by atoms with Crippen LogP contribution in [0, 0.1) is 0 Å². The van der Waals surface area contributed by atoms with Crippen LogP contribution < -0.4 is 16.0 Å². The number of hydrogen-bond acceptors (Lipinski definition) is 4. The molecule has 2 aromatic rings. The fourth-order valence-electron chi connectivity index (χ4n) is 2.55. The Morgan fingerprint density at radius 2 is 2.30 bits per heavy atom. The summed E-state index contributed by atoms with van der Waals surface area (Å²) in [6, 6.07) is 8.46. The Kier molecular flexibility index (Phi) is 4.27. The summed E-state index contributed by atoms with van der Waals surface area (Å²) in [5, 5.41) is 2.79. The van der Waals surface area contributed by atoms with E-state index in [2.05, 4.69) is 23.6 Å². The number of hydrogen-bond donors (Lipinski definition) is 2. The zero-order chi connectivity index (χ0) is 13.9. The summed E-state index contributed by atoms with van der Waals surface area (Å²) in [6.45, 7) is 0.802. The molecule has 106 valence electrons. The van der Waals surface area contributed by atoms with Crippen molar-refractivity contribution in [1.82, 2.24) is 5.43 Å². The molecule has 0 fully saturated rings. The van der Waals surface area contributed by atoms with Crippen molar-refractivity contribution in [2.75, 3.05) is 6.61 Å². The summed E-state index contributed by atoms with van der Waals surface area (Å²) in [7, 11) is 0. The first kappa shape index (κ1) is 13.9. The van der Waals surface area contributed by atoms with Crippen molar-refractivity contribution in [3.05, 3.63) is 50.7 Å². The zero-order valence-corrected chi connectivity index (χ0v) is 12.6. The first-order valence-corrected chi connectivity index (χ1v) is 7.97. The maximum atomic E-state index is 6.17. The van der Waals surface area contributed by atoms with Gasteiger partial charge in [0.25, 0.3) is 0 Å². The van der Waals surface area contributed by atoms with Crippen LogP contribution in [-0.2, 0) is 12.8 Å². The zero-order valence-electron chi connectivity index (χ0n) is 11.1. The van der Waals surface area contributed by atoms with E-state index in [9.17, 15) is 0 Å². The molecule has 1 aromatic heterocycles. The van der Waals surface area contributed by atoms with Crippen LogP contribution in [0.25, 0.3) is 0 Å². The standard InChI is InChI=1S/C15H17ClN2OS/c16-12-6-8-20-15(12)13(18-17)3-1-10-2-4-14-11(9-10)5-7-19-14/h2,4,6,8-9,13,18H,1,3,5,7,17H2. The third-order valence-electron chi connectivity index (χ3n) is 3.64. The molecule has 0 amide bonds. The van der Waals surface area contributed by atoms with Gasteiger partial charge in [0.05, 0.1) is 17.7 Å². The second-order valence-corrected chi connectivity index (χ2v) is 6.29. The largest absolute Gasteiger partial charge is 0.493 e. The topological polar surface area (TPSA) is 47.3 Å². The van der Waals surface area contributed by atoms with Gasteiger partial charge < -0.3 is 4.74 Å². The Balaban J connectivity index is 1.68. The first-order valence-electron chi connectivity index (χ1n) is 6.71. The number of thiophene rings is 1. The van der Waals surface area contributed by atoms with E-state index in [1.165, 1.54) is 11.1 Å². The van der Waals surface area contributed by atoms with E-state index in [0.717, 1.165) is 41.5 Å². The third kappa shape index (κ3) is 2.83. The van der Waals surface area contributed by atoms with Crippen molar-refractivity contribution < 1.29 is 4.74 Å². The minimum atomic E-state index is 0.104. The summed E-state index contributed by atoms with van der Waals surface area (Å²) in [5.74, 6) is 6.70. The fraction of sp³-hybridized carbons (Fsp3) is 0.333. The minimum absolute atomic E-state index is 0.104. The molecule has 20 heavy (non-hydrogen) atoms. The van der Waals surface area contributed by atoms with Crippen LogP contribution in [0.15, 0.2) is 29.6 Å². The van der Waals surface area contributed by atoms with Gasteiger partial charge in [-0.1, -0.05) is 23.7 Å². The predicted molar refractivity (Wildman–Crippen MR) is 83.4 cm³/mol. The molecule has 3 nitrogen and oxygen atoms in total. The lowest BCUT2D eigenvalue weighted by atomic mass is 10.0. The molecule has 1 aliphatic rings. The molecule has 2 heterocycles. The second-order valence-electron chi connectivity index (χ2n) is 4.93. The second kappa shape index (κ2) is 6.14. The normalized spacial score (nSPS) is 14.9. The Bertz CT molecular complexity index is 599. The molecule has 0 saturated heterocycles. The highest BCUT2D eigenvalue weighted by atomic mass is 35.5. The number of halogens is 1. The average molecular weight is 309 g/mol. The predicted octanol–water partition coefficient (Wildman–Crippen LogP) is 3.47. The summed E-state index contributed by atoms with van der Waals surface area (Å²) in [5.41, 5.74) is 5.50. The van der Waals surface area contributed by atoms with Gasteiger partial charge in [0, 0.05) is 11.3 Å². The smallest absolute Gasteiger partial charge is 0.122 e. The summed E-state index contributed by atoms with van der Waals surface area (Å²) in [6.07, 6.45) is 2.91. The molecule has 1 unspecified atom stereocenters. The summed E-state index contributed by atoms with van der Waals surface area (Å²) in [4.78, 5) is 1.11. The van der Waals surface area contributed by atoms with Crippen LogP contribution in [-0.4, -0.2) is 6.61 Å². The molecule has 0 bridgehead atoms. The Morgan fingerprint density at radius 1 is 1.40 bits per heavy atom. The number of hydrazine groups is 1. The number of benzene rings is 1. The van der Waals surface area contributed by atoms with Crippen LogP contribution in [0.1, 0.15) is 28.5 Å². The molecular formula is C15H17ClN2OS. The van der Waals surface area contributed by atoms with Crippen molar-refractivity contribution in [1.29, 1.82) is 0 Å². The Morgan fingerprint density at radius 3 is 3.05 bits per heavy atom. The van der Waals surface area contributed by atoms with E-state index in [4.69, 9.17) is 22.2 Å². The van der Waals surface area contributed by atoms with Crippen molar-refractivity contribution >= 4 is 22.9 Å². The number of ether oxygens (including phenoxy) is 1. The van der Waals surface area contributed by atoms with E-state index in [0.29, 0.717) is 0 Å². The molecule has 0 radical (unpaired) electrons. The van der Waals surface area contributed by atoms with Crippen LogP contribution in [0.2, 0.25) is 5.02 Å². The SMILES string of the molecule is NNC(CCc1ccc2c(c1)CCO2)c1sccc1Cl. The highest BCUT2D eigenvalue weighted by Crippen LogP contribution is 2.32. The maximum absolute atomic E-state index is 6.17. The van der Waals surface area contributed by atoms with E-state index in [1.54, 1.807) is 11.3 Å². The van der Waals surface area contributed by atoms with E-state index in [1.807, 2.05) is 11.4 Å². The molecule has 5 heteroatoms. The van der Waals surface area contributed by atoms with Gasteiger partial charge in [0.15, 0.2) is 0 Å². The molecule has 1 aliphatic heterocycles. The van der Waals surface area contributed by atoms with Crippen LogP contribution >= 0.6 is 22.9 Å². The number of nitrogens with one attached hydrogen (secondary N) is 1. The van der Waals surface area contributed by atoms with Gasteiger partial charge >= 0.3 is 0 Å². The average Bonchev–Trinajstić information content (AvgIpc) is 3.08. The molecule has 3 N–H and O–H groups in total. The quantitative estimate of drug-likeness (QED) is 0.657. The van der Waals surface area contributed by atoms with Gasteiger partial charge in [-0.2, -0.15) is 0 Å². The molecule has 0 spiro atoms. The van der Waals surface area contributed by atoms with E-state index in [-0.39, 0.29) is 6.04 Å². The van der Waals surface area contributed by atoms with Gasteiger partial charge in [0.1, 0.15) is 5.75 Å². The molecule has 0 aliphatic carbocycles. The number of fused-ring (bicyclic) bond motifs is 1. The number of rotatable bonds is 5. The minimum Gasteiger partial charge on any atom is -0.493 e. The van der Waals surface area contributed by atoms with Gasteiger partial charge in [0.2, 0.25) is 0 Å². The van der Waals surface area contributed by atoms with Crippen molar-refractivity contribution in [2.45, 2.75) is 25.3 Å². The highest BCUT2D eigenvalue weighted by molar-refractivity contribution is 7.10. The fourth-order valence-corrected chi connectivity index (χ4v) is 3.84. The lowest BCUT2D eigenvalue weighted by Crippen LogP contribution is -2.28. The summed E-state index contributed by atoms with van der Waals surface area (Å²) < 4.78 is 5.53. The first-order chi connectivity index (χ1) is 9.78. The maximum Gasteiger partial charge on any atom is 0.122 e. The highest BCUT2D eigenvalue weighted by Gasteiger charge is 2.16. The lowest BCUT2D eigenvalue weighted by Gasteiger charge is -2.15. The molecule has 1 atom stereocenters. The van der Waals surface area contributed by atoms with Crippen LogP contribution in [0.5, 0.6) is 5.75 Å². The summed E-state index contributed by atoms with van der Waals surface area (Å²) >= 11 is 7.81. The molecule has 0 saturated carbocycles. The molecule has 3 rings (SSSR count). The number of nitrogens with two attached hydrogens (primary N) is 1. The Hall–Kier alpha value is -1.07. The number of aryl methyl sites for hydroxylation is 1. The van der Waals surface area contributed by atoms with Gasteiger partial charge in [-0.15, -0.1) is 11.3 Å². The van der Waals surface area contributed by atoms with Gasteiger partial charge in [-0.25, -0.2) is 0 Å². The lowest BCUT2D eigenvalue weighted by molar-refractivity contribution is 0.357. The van der Waals surface area contributed by atoms with Crippen LogP contribution in [0.3, 0.4) is 0 Å². The van der Waals surface area contributed by atoms with E-state index < -0.39 is 0 Å². The molecule has 1 aromatic carbocycles. The molecular weight excluding hydrogens is 292 g/mol.